The maximum Gasteiger partial charge on any atom is 0.270 e. The number of carbonyl (C=O) groups is 2. The Morgan fingerprint density at radius 1 is 1.24 bits per heavy atom. The molecule has 0 saturated carbocycles. The Hall–Kier alpha value is -3.91. The number of nitrogens with two attached hydrogens (primary N) is 1. The fourth-order valence-electron chi connectivity index (χ4n) is 3.41. The number of fused-ring (bicyclic) bond motifs is 1. The van der Waals surface area contributed by atoms with Crippen molar-refractivity contribution in [3.8, 4) is 0 Å². The average Bonchev–Trinajstić information content (AvgIpc) is 3.21. The Kier molecular flexibility index (Phi) is 7.22. The van der Waals surface area contributed by atoms with Gasteiger partial charge in [-0.25, -0.2) is 22.6 Å². The van der Waals surface area contributed by atoms with Gasteiger partial charge in [0.1, 0.15) is 5.56 Å². The van der Waals surface area contributed by atoms with E-state index in [2.05, 4.69) is 20.1 Å². The predicted octanol–water partition coefficient (Wildman–Crippen LogP) is 0.381. The smallest absolute Gasteiger partial charge is 0.270 e. The van der Waals surface area contributed by atoms with Crippen LogP contribution in [0.3, 0.4) is 0 Å². The standard InChI is InChI=1S/C20H23N7O6S/c1-12-16(13(2)26-20(25-12)17(11-23-26)19(21)29)6-7-18(28)22-8-9-24-34(32,33)15-5-3-4-14(10-15)27(30)31/h3-5,10-11,24H,6-9H2,1-2H3,(H2,21,29)(H,22,28). The van der Waals surface area contributed by atoms with Crippen LogP contribution in [0, 0.1) is 24.0 Å². The van der Waals surface area contributed by atoms with Crippen molar-refractivity contribution in [1.82, 2.24) is 24.6 Å². The number of carbonyl (C=O) groups excluding carboxylic acids is 2. The third-order valence-corrected chi connectivity index (χ3v) is 6.61. The highest BCUT2D eigenvalue weighted by molar-refractivity contribution is 7.89. The molecule has 2 aromatic heterocycles. The molecule has 2 amide bonds. The second-order valence-corrected chi connectivity index (χ2v) is 9.19. The second-order valence-electron chi connectivity index (χ2n) is 7.42. The number of nitrogens with zero attached hydrogens (tertiary/aromatic N) is 4. The quantitative estimate of drug-likeness (QED) is 0.207. The van der Waals surface area contributed by atoms with Crippen molar-refractivity contribution in [2.45, 2.75) is 31.6 Å². The van der Waals surface area contributed by atoms with Crippen molar-refractivity contribution >= 4 is 33.2 Å². The summed E-state index contributed by atoms with van der Waals surface area (Å²) >= 11 is 0. The normalized spacial score (nSPS) is 11.5. The molecule has 0 radical (unpaired) electrons. The summed E-state index contributed by atoms with van der Waals surface area (Å²) in [5.41, 5.74) is 7.74. The highest BCUT2D eigenvalue weighted by Crippen LogP contribution is 2.19. The third kappa shape index (κ3) is 5.35. The summed E-state index contributed by atoms with van der Waals surface area (Å²) in [4.78, 5) is 38.1. The van der Waals surface area contributed by atoms with Crippen LogP contribution in [0.1, 0.15) is 33.7 Å². The lowest BCUT2D eigenvalue weighted by atomic mass is 10.1. The molecular formula is C20H23N7O6S. The van der Waals surface area contributed by atoms with E-state index in [0.717, 1.165) is 17.3 Å². The van der Waals surface area contributed by atoms with Crippen molar-refractivity contribution in [2.75, 3.05) is 13.1 Å². The van der Waals surface area contributed by atoms with Crippen LogP contribution < -0.4 is 15.8 Å². The molecule has 0 aliphatic carbocycles. The Labute approximate surface area is 194 Å². The van der Waals surface area contributed by atoms with E-state index in [-0.39, 0.29) is 41.6 Å². The molecule has 0 spiro atoms. The van der Waals surface area contributed by atoms with Crippen LogP contribution in [0.5, 0.6) is 0 Å². The molecule has 0 aliphatic rings. The molecule has 4 N–H and O–H groups in total. The fraction of sp³-hybridized carbons (Fsp3) is 0.300. The average molecular weight is 490 g/mol. The molecule has 0 bridgehead atoms. The molecule has 0 unspecified atom stereocenters. The predicted molar refractivity (Wildman–Crippen MR) is 121 cm³/mol. The lowest BCUT2D eigenvalue weighted by Crippen LogP contribution is -2.34. The molecule has 180 valence electrons. The number of nitrogens with one attached hydrogen (secondary N) is 2. The maximum atomic E-state index is 12.3. The lowest BCUT2D eigenvalue weighted by Gasteiger charge is -2.12. The number of non-ortho nitro benzene ring substituents is 1. The summed E-state index contributed by atoms with van der Waals surface area (Å²) in [5, 5.41) is 17.6. The summed E-state index contributed by atoms with van der Waals surface area (Å²) < 4.78 is 28.4. The first kappa shape index (κ1) is 24.7. The van der Waals surface area contributed by atoms with Crippen LogP contribution in [0.4, 0.5) is 5.69 Å². The zero-order valence-electron chi connectivity index (χ0n) is 18.4. The van der Waals surface area contributed by atoms with Crippen molar-refractivity contribution in [1.29, 1.82) is 0 Å². The Morgan fingerprint density at radius 2 is 1.97 bits per heavy atom. The number of sulfonamides is 1. The summed E-state index contributed by atoms with van der Waals surface area (Å²) in [7, 11) is -3.96. The zero-order chi connectivity index (χ0) is 25.0. The van der Waals surface area contributed by atoms with Crippen LogP contribution in [-0.4, -0.2) is 52.8 Å². The monoisotopic (exact) mass is 489 g/mol. The van der Waals surface area contributed by atoms with Crippen LogP contribution in [-0.2, 0) is 21.2 Å². The number of primary amides is 1. The van der Waals surface area contributed by atoms with E-state index in [9.17, 15) is 28.1 Å². The van der Waals surface area contributed by atoms with Crippen LogP contribution in [0.2, 0.25) is 0 Å². The van der Waals surface area contributed by atoms with Crippen molar-refractivity contribution in [2.24, 2.45) is 5.73 Å². The van der Waals surface area contributed by atoms with E-state index in [1.54, 1.807) is 13.8 Å². The Balaban J connectivity index is 1.54. The van der Waals surface area contributed by atoms with Crippen LogP contribution >= 0.6 is 0 Å². The number of hydrogen-bond acceptors (Lipinski definition) is 8. The van der Waals surface area contributed by atoms with Gasteiger partial charge < -0.3 is 11.1 Å². The van der Waals surface area contributed by atoms with Gasteiger partial charge in [0.2, 0.25) is 15.9 Å². The van der Waals surface area contributed by atoms with E-state index in [4.69, 9.17) is 5.73 Å². The Morgan fingerprint density at radius 3 is 2.65 bits per heavy atom. The molecule has 3 aromatic rings. The molecular weight excluding hydrogens is 466 g/mol. The molecule has 1 aromatic carbocycles. The number of nitro benzene ring substituents is 1. The SMILES string of the molecule is Cc1nc2c(C(N)=O)cnn2c(C)c1CCC(=O)NCCNS(=O)(=O)c1cccc([N+](=O)[O-])c1. The number of benzene rings is 1. The van der Waals surface area contributed by atoms with Gasteiger partial charge in [-0.05, 0) is 31.9 Å². The first-order chi connectivity index (χ1) is 16.0. The fourth-order valence-corrected chi connectivity index (χ4v) is 4.48. The number of aryl methyl sites for hydroxylation is 2. The van der Waals surface area contributed by atoms with Crippen molar-refractivity contribution in [3.63, 3.8) is 0 Å². The van der Waals surface area contributed by atoms with E-state index in [0.29, 0.717) is 17.8 Å². The van der Waals surface area contributed by atoms with E-state index < -0.39 is 20.9 Å². The molecule has 2 heterocycles. The van der Waals surface area contributed by atoms with Gasteiger partial charge in [-0.1, -0.05) is 6.07 Å². The van der Waals surface area contributed by atoms with Gasteiger partial charge in [-0.2, -0.15) is 5.10 Å². The van der Waals surface area contributed by atoms with E-state index in [1.165, 1.54) is 28.9 Å². The number of rotatable bonds is 10. The van der Waals surface area contributed by atoms with Gasteiger partial charge in [0, 0.05) is 43.0 Å². The van der Waals surface area contributed by atoms with Crippen LogP contribution in [0.25, 0.3) is 5.65 Å². The molecule has 3 rings (SSSR count). The largest absolute Gasteiger partial charge is 0.365 e. The van der Waals surface area contributed by atoms with E-state index >= 15 is 0 Å². The summed E-state index contributed by atoms with van der Waals surface area (Å²) in [6.07, 6.45) is 1.83. The van der Waals surface area contributed by atoms with Gasteiger partial charge >= 0.3 is 0 Å². The Bertz CT molecular complexity index is 1380. The van der Waals surface area contributed by atoms with Gasteiger partial charge in [-0.15, -0.1) is 0 Å². The summed E-state index contributed by atoms with van der Waals surface area (Å²) in [6.45, 7) is 3.50. The molecule has 0 saturated heterocycles. The topological polar surface area (TPSA) is 192 Å². The van der Waals surface area contributed by atoms with Gasteiger partial charge in [0.05, 0.1) is 16.0 Å². The lowest BCUT2D eigenvalue weighted by molar-refractivity contribution is -0.385. The van der Waals surface area contributed by atoms with Gasteiger partial charge in [0.15, 0.2) is 5.65 Å². The van der Waals surface area contributed by atoms with Crippen LogP contribution in [0.15, 0.2) is 35.4 Å². The number of hydrogen-bond donors (Lipinski definition) is 3. The maximum absolute atomic E-state index is 12.3. The third-order valence-electron chi connectivity index (χ3n) is 5.15. The molecule has 0 fully saturated rings. The first-order valence-corrected chi connectivity index (χ1v) is 11.6. The first-order valence-electron chi connectivity index (χ1n) is 10.2. The minimum Gasteiger partial charge on any atom is -0.365 e. The van der Waals surface area contributed by atoms with E-state index in [1.807, 2.05) is 0 Å². The van der Waals surface area contributed by atoms with Crippen molar-refractivity contribution < 1.29 is 22.9 Å². The second kappa shape index (κ2) is 9.93. The summed E-state index contributed by atoms with van der Waals surface area (Å²) in [6, 6.07) is 4.68. The summed E-state index contributed by atoms with van der Waals surface area (Å²) in [5.74, 6) is -0.929. The number of nitro groups is 1. The molecule has 13 nitrogen and oxygen atoms in total. The number of aromatic nitrogens is 3. The molecule has 0 atom stereocenters. The molecule has 34 heavy (non-hydrogen) atoms. The number of amides is 2. The van der Waals surface area contributed by atoms with Gasteiger partial charge in [-0.3, -0.25) is 19.7 Å². The molecule has 14 heteroatoms. The highest BCUT2D eigenvalue weighted by atomic mass is 32.2. The zero-order valence-corrected chi connectivity index (χ0v) is 19.3. The molecule has 0 aliphatic heterocycles. The minimum absolute atomic E-state index is 0.0311. The minimum atomic E-state index is -3.96. The highest BCUT2D eigenvalue weighted by Gasteiger charge is 2.18. The van der Waals surface area contributed by atoms with Gasteiger partial charge in [0.25, 0.3) is 11.6 Å². The van der Waals surface area contributed by atoms with Crippen molar-refractivity contribution in [3.05, 3.63) is 63.1 Å².